The first-order valence-electron chi connectivity index (χ1n) is 10.7. The maximum atomic E-state index is 13.2. The number of anilines is 5. The van der Waals surface area contributed by atoms with Crippen molar-refractivity contribution in [2.75, 3.05) is 27.3 Å². The van der Waals surface area contributed by atoms with Crippen molar-refractivity contribution in [3.05, 3.63) is 71.5 Å². The van der Waals surface area contributed by atoms with Crippen LogP contribution in [0.4, 0.5) is 28.7 Å². The van der Waals surface area contributed by atoms with E-state index in [9.17, 15) is 13.2 Å². The zero-order valence-corrected chi connectivity index (χ0v) is 20.9. The van der Waals surface area contributed by atoms with Crippen LogP contribution >= 0.6 is 11.3 Å². The van der Waals surface area contributed by atoms with Gasteiger partial charge in [-0.3, -0.25) is 9.52 Å². The Labute approximate surface area is 210 Å². The summed E-state index contributed by atoms with van der Waals surface area (Å²) in [4.78, 5) is 25.9. The van der Waals surface area contributed by atoms with Crippen LogP contribution in [0.25, 0.3) is 21.0 Å². The Morgan fingerprint density at radius 2 is 1.72 bits per heavy atom. The quantitative estimate of drug-likeness (QED) is 0.256. The molecule has 0 aliphatic carbocycles. The Bertz CT molecular complexity index is 1730. The summed E-state index contributed by atoms with van der Waals surface area (Å²) in [5, 5.41) is 9.64. The van der Waals surface area contributed by atoms with Gasteiger partial charge in [0.05, 0.1) is 27.7 Å². The van der Waals surface area contributed by atoms with Crippen LogP contribution in [0.1, 0.15) is 15.9 Å². The van der Waals surface area contributed by atoms with Crippen molar-refractivity contribution in [3.8, 4) is 0 Å². The van der Waals surface area contributed by atoms with Crippen LogP contribution < -0.4 is 21.1 Å². The number of pyridine rings is 1. The van der Waals surface area contributed by atoms with Gasteiger partial charge in [0.15, 0.2) is 0 Å². The molecule has 5 rings (SSSR count). The van der Waals surface area contributed by atoms with E-state index in [1.165, 1.54) is 17.7 Å². The highest BCUT2D eigenvalue weighted by molar-refractivity contribution is 7.92. The predicted octanol–water partition coefficient (Wildman–Crippen LogP) is 4.50. The summed E-state index contributed by atoms with van der Waals surface area (Å²) in [6, 6.07) is 12.5. The lowest BCUT2D eigenvalue weighted by Crippen LogP contribution is -2.13. The monoisotopic (exact) mass is 519 g/mol. The fourth-order valence-corrected chi connectivity index (χ4v) is 5.28. The molecule has 3 aromatic heterocycles. The van der Waals surface area contributed by atoms with Gasteiger partial charge in [0.2, 0.25) is 10.0 Å². The minimum atomic E-state index is -3.36. The van der Waals surface area contributed by atoms with Gasteiger partial charge in [0, 0.05) is 33.7 Å². The second-order valence-corrected chi connectivity index (χ2v) is 10.8. The zero-order chi connectivity index (χ0) is 25.4. The molecule has 5 N–H and O–H groups in total. The Morgan fingerprint density at radius 3 is 2.47 bits per heavy atom. The summed E-state index contributed by atoms with van der Waals surface area (Å²) >= 11 is 1.33. The van der Waals surface area contributed by atoms with Crippen molar-refractivity contribution >= 4 is 77.0 Å². The maximum absolute atomic E-state index is 13.2. The molecular weight excluding hydrogens is 498 g/mol. The van der Waals surface area contributed by atoms with E-state index in [1.54, 1.807) is 35.8 Å². The van der Waals surface area contributed by atoms with Gasteiger partial charge in [0.1, 0.15) is 18.0 Å². The molecule has 1 amide bonds. The first kappa shape index (κ1) is 23.5. The number of aromatic nitrogens is 3. The molecule has 5 aromatic rings. The molecule has 0 bridgehead atoms. The molecule has 0 atom stereocenters. The number of rotatable bonds is 6. The van der Waals surface area contributed by atoms with Gasteiger partial charge in [-0.25, -0.2) is 23.4 Å². The second kappa shape index (κ2) is 9.06. The molecule has 10 nitrogen and oxygen atoms in total. The molecule has 0 aliphatic rings. The van der Waals surface area contributed by atoms with Gasteiger partial charge in [0.25, 0.3) is 5.91 Å². The van der Waals surface area contributed by atoms with E-state index in [0.717, 1.165) is 28.3 Å². The zero-order valence-electron chi connectivity index (χ0n) is 19.2. The number of hydrogen-bond acceptors (Lipinski definition) is 9. The highest BCUT2D eigenvalue weighted by Crippen LogP contribution is 2.34. The van der Waals surface area contributed by atoms with Crippen molar-refractivity contribution in [1.29, 1.82) is 0 Å². The number of aryl methyl sites for hydroxylation is 1. The fraction of sp³-hybridized carbons (Fsp3) is 0.0833. The largest absolute Gasteiger partial charge is 0.382 e. The molecule has 0 unspecified atom stereocenters. The summed E-state index contributed by atoms with van der Waals surface area (Å²) in [5.74, 6) is 0.635. The topological polar surface area (TPSA) is 152 Å². The SMILES string of the molecule is Cc1ccc2c(Nc3ccc(NS(C)(=O)=O)cc3)nccc2c1NC(=O)c1csc2c(N)ncnc12. The van der Waals surface area contributed by atoms with E-state index in [-0.39, 0.29) is 5.91 Å². The van der Waals surface area contributed by atoms with Crippen molar-refractivity contribution in [3.63, 3.8) is 0 Å². The standard InChI is InChI=1S/C24H21N7O3S2/c1-13-3-8-17-16(19(13)30-24(32)18-11-35-21-20(18)27-12-28-22(21)25)9-10-26-23(17)29-14-4-6-15(7-5-14)31-36(2,33)34/h3-12,31H,1-2H3,(H,26,29)(H,30,32)(H2,25,27,28). The minimum absolute atomic E-state index is 0.296. The number of carbonyl (C=O) groups is 1. The lowest BCUT2D eigenvalue weighted by molar-refractivity contribution is 0.102. The van der Waals surface area contributed by atoms with E-state index >= 15 is 0 Å². The number of amides is 1. The van der Waals surface area contributed by atoms with E-state index in [1.807, 2.05) is 25.1 Å². The fourth-order valence-electron chi connectivity index (χ4n) is 3.81. The lowest BCUT2D eigenvalue weighted by Gasteiger charge is -2.15. The molecule has 0 saturated carbocycles. The molecule has 0 spiro atoms. The Kier molecular flexibility index (Phi) is 5.90. The maximum Gasteiger partial charge on any atom is 0.258 e. The number of nitrogens with one attached hydrogen (secondary N) is 3. The predicted molar refractivity (Wildman–Crippen MR) is 144 cm³/mol. The highest BCUT2D eigenvalue weighted by atomic mass is 32.2. The van der Waals surface area contributed by atoms with E-state index in [0.29, 0.717) is 38.8 Å². The average molecular weight is 520 g/mol. The number of benzene rings is 2. The summed E-state index contributed by atoms with van der Waals surface area (Å²) in [5.41, 5.74) is 9.60. The molecule has 36 heavy (non-hydrogen) atoms. The molecule has 2 aromatic carbocycles. The van der Waals surface area contributed by atoms with Crippen LogP contribution in [0.2, 0.25) is 0 Å². The number of nitrogens with zero attached hydrogens (tertiary/aromatic N) is 3. The second-order valence-electron chi connectivity index (χ2n) is 8.13. The molecule has 0 saturated heterocycles. The number of nitrogens with two attached hydrogens (primary N) is 1. The Hall–Kier alpha value is -4.29. The molecule has 0 aliphatic heterocycles. The first-order valence-corrected chi connectivity index (χ1v) is 13.5. The van der Waals surface area contributed by atoms with E-state index in [2.05, 4.69) is 30.3 Å². The number of fused-ring (bicyclic) bond motifs is 2. The molecule has 0 fully saturated rings. The minimum Gasteiger partial charge on any atom is -0.382 e. The van der Waals surface area contributed by atoms with Gasteiger partial charge in [-0.15, -0.1) is 11.3 Å². The molecular formula is C24H21N7O3S2. The lowest BCUT2D eigenvalue weighted by atomic mass is 10.0. The molecule has 12 heteroatoms. The Morgan fingerprint density at radius 1 is 0.972 bits per heavy atom. The third kappa shape index (κ3) is 4.63. The van der Waals surface area contributed by atoms with Gasteiger partial charge in [-0.2, -0.15) is 0 Å². The summed E-state index contributed by atoms with van der Waals surface area (Å²) in [6.07, 6.45) is 4.10. The van der Waals surface area contributed by atoms with Crippen molar-refractivity contribution in [2.45, 2.75) is 6.92 Å². The van der Waals surface area contributed by atoms with Crippen LogP contribution in [0.5, 0.6) is 0 Å². The number of carbonyl (C=O) groups excluding carboxylic acids is 1. The van der Waals surface area contributed by atoms with Crippen LogP contribution in [0, 0.1) is 6.92 Å². The highest BCUT2D eigenvalue weighted by Gasteiger charge is 2.18. The summed E-state index contributed by atoms with van der Waals surface area (Å²) in [6.45, 7) is 1.92. The molecule has 182 valence electrons. The summed E-state index contributed by atoms with van der Waals surface area (Å²) in [7, 11) is -3.36. The first-order chi connectivity index (χ1) is 17.2. The van der Waals surface area contributed by atoms with Crippen molar-refractivity contribution in [2.24, 2.45) is 0 Å². The number of sulfonamides is 1. The van der Waals surface area contributed by atoms with Gasteiger partial charge in [-0.1, -0.05) is 12.1 Å². The van der Waals surface area contributed by atoms with Crippen LogP contribution in [0.15, 0.2) is 60.4 Å². The number of nitrogen functional groups attached to an aromatic ring is 1. The van der Waals surface area contributed by atoms with Gasteiger partial charge >= 0.3 is 0 Å². The van der Waals surface area contributed by atoms with Crippen molar-refractivity contribution < 1.29 is 13.2 Å². The van der Waals surface area contributed by atoms with E-state index in [4.69, 9.17) is 5.73 Å². The van der Waals surface area contributed by atoms with Crippen LogP contribution in [-0.2, 0) is 10.0 Å². The van der Waals surface area contributed by atoms with Gasteiger partial charge in [-0.05, 0) is 42.8 Å². The third-order valence-electron chi connectivity index (χ3n) is 5.47. The normalized spacial score (nSPS) is 11.5. The summed E-state index contributed by atoms with van der Waals surface area (Å²) < 4.78 is 26.0. The molecule has 3 heterocycles. The molecule has 0 radical (unpaired) electrons. The van der Waals surface area contributed by atoms with E-state index < -0.39 is 10.0 Å². The third-order valence-corrected chi connectivity index (χ3v) is 7.07. The average Bonchev–Trinajstić information content (AvgIpc) is 3.27. The number of thiophene rings is 1. The van der Waals surface area contributed by atoms with Crippen LogP contribution in [-0.4, -0.2) is 35.5 Å². The van der Waals surface area contributed by atoms with Gasteiger partial charge < -0.3 is 16.4 Å². The Balaban J connectivity index is 1.46. The smallest absolute Gasteiger partial charge is 0.258 e. The van der Waals surface area contributed by atoms with Crippen molar-refractivity contribution in [1.82, 2.24) is 15.0 Å². The van der Waals surface area contributed by atoms with Crippen LogP contribution in [0.3, 0.4) is 0 Å². The number of hydrogen-bond donors (Lipinski definition) is 4.